The van der Waals surface area contributed by atoms with Gasteiger partial charge in [0.2, 0.25) is 0 Å². The van der Waals surface area contributed by atoms with Gasteiger partial charge in [0, 0.05) is 12.5 Å². The molecule has 0 amide bonds. The molecule has 0 aromatic rings. The second-order valence-electron chi connectivity index (χ2n) is 4.29. The van der Waals surface area contributed by atoms with E-state index in [9.17, 15) is 4.79 Å². The highest BCUT2D eigenvalue weighted by atomic mass is 16.5. The Kier molecular flexibility index (Phi) is 3.93. The van der Waals surface area contributed by atoms with Crippen LogP contribution in [0.3, 0.4) is 0 Å². The lowest BCUT2D eigenvalue weighted by atomic mass is 9.62. The van der Waals surface area contributed by atoms with Crippen LogP contribution >= 0.6 is 0 Å². The van der Waals surface area contributed by atoms with E-state index in [1.807, 2.05) is 0 Å². The van der Waals surface area contributed by atoms with Gasteiger partial charge in [-0.3, -0.25) is 4.79 Å². The van der Waals surface area contributed by atoms with Gasteiger partial charge < -0.3 is 10.5 Å². The van der Waals surface area contributed by atoms with E-state index in [1.165, 1.54) is 26.4 Å². The van der Waals surface area contributed by atoms with Crippen molar-refractivity contribution >= 4 is 5.97 Å². The largest absolute Gasteiger partial charge is 0.469 e. The normalized spacial score (nSPS) is 21.1. The van der Waals surface area contributed by atoms with Crippen molar-refractivity contribution in [1.29, 1.82) is 0 Å². The van der Waals surface area contributed by atoms with Gasteiger partial charge in [-0.1, -0.05) is 13.3 Å². The molecule has 0 bridgehead atoms. The fourth-order valence-electron chi connectivity index (χ4n) is 2.30. The molecule has 3 nitrogen and oxygen atoms in total. The van der Waals surface area contributed by atoms with Crippen LogP contribution in [0.4, 0.5) is 0 Å². The van der Waals surface area contributed by atoms with Crippen LogP contribution in [0.1, 0.15) is 45.4 Å². The SMILES string of the molecule is CCC1(C(N)CCC(=O)OC)CCC1. The summed E-state index contributed by atoms with van der Waals surface area (Å²) in [5, 5.41) is 0. The lowest BCUT2D eigenvalue weighted by Gasteiger charge is -2.46. The number of esters is 1. The molecule has 1 rings (SSSR count). The van der Waals surface area contributed by atoms with Gasteiger partial charge in [-0.2, -0.15) is 0 Å². The smallest absolute Gasteiger partial charge is 0.305 e. The zero-order chi connectivity index (χ0) is 10.6. The molecule has 1 unspecified atom stereocenters. The highest BCUT2D eigenvalue weighted by Crippen LogP contribution is 2.46. The van der Waals surface area contributed by atoms with Crippen LogP contribution in [0, 0.1) is 5.41 Å². The summed E-state index contributed by atoms with van der Waals surface area (Å²) >= 11 is 0. The van der Waals surface area contributed by atoms with Gasteiger partial charge in [0.15, 0.2) is 0 Å². The molecule has 1 aliphatic rings. The first-order chi connectivity index (χ1) is 6.64. The van der Waals surface area contributed by atoms with E-state index < -0.39 is 0 Å². The summed E-state index contributed by atoms with van der Waals surface area (Å²) in [5.74, 6) is -0.147. The molecule has 1 atom stereocenters. The van der Waals surface area contributed by atoms with Crippen molar-refractivity contribution in [2.75, 3.05) is 7.11 Å². The summed E-state index contributed by atoms with van der Waals surface area (Å²) in [6.45, 7) is 2.19. The van der Waals surface area contributed by atoms with Crippen molar-refractivity contribution in [3.8, 4) is 0 Å². The van der Waals surface area contributed by atoms with Gasteiger partial charge in [-0.25, -0.2) is 0 Å². The number of carbonyl (C=O) groups is 1. The van der Waals surface area contributed by atoms with Crippen LogP contribution in [0.5, 0.6) is 0 Å². The summed E-state index contributed by atoms with van der Waals surface area (Å²) in [6, 6.07) is 0.167. The molecule has 0 heterocycles. The quantitative estimate of drug-likeness (QED) is 0.687. The molecule has 14 heavy (non-hydrogen) atoms. The van der Waals surface area contributed by atoms with E-state index in [2.05, 4.69) is 11.7 Å². The fourth-order valence-corrected chi connectivity index (χ4v) is 2.30. The van der Waals surface area contributed by atoms with E-state index in [-0.39, 0.29) is 12.0 Å². The molecule has 0 spiro atoms. The van der Waals surface area contributed by atoms with Crippen molar-refractivity contribution in [2.45, 2.75) is 51.5 Å². The third-order valence-corrected chi connectivity index (χ3v) is 3.73. The molecule has 0 aliphatic heterocycles. The molecule has 1 fully saturated rings. The van der Waals surface area contributed by atoms with Gasteiger partial charge in [-0.05, 0) is 31.1 Å². The minimum atomic E-state index is -0.147. The van der Waals surface area contributed by atoms with Crippen LogP contribution in [0.2, 0.25) is 0 Å². The van der Waals surface area contributed by atoms with Crippen LogP contribution in [0.15, 0.2) is 0 Å². The zero-order valence-corrected chi connectivity index (χ0v) is 9.21. The van der Waals surface area contributed by atoms with Gasteiger partial charge in [0.25, 0.3) is 0 Å². The van der Waals surface area contributed by atoms with Crippen molar-refractivity contribution in [2.24, 2.45) is 11.1 Å². The van der Waals surface area contributed by atoms with Crippen molar-refractivity contribution in [1.82, 2.24) is 0 Å². The minimum absolute atomic E-state index is 0.147. The molecule has 2 N–H and O–H groups in total. The average Bonchev–Trinajstić information content (AvgIpc) is 2.13. The average molecular weight is 199 g/mol. The maximum Gasteiger partial charge on any atom is 0.305 e. The topological polar surface area (TPSA) is 52.3 Å². The second kappa shape index (κ2) is 4.78. The Morgan fingerprint density at radius 1 is 1.57 bits per heavy atom. The first kappa shape index (κ1) is 11.5. The Morgan fingerprint density at radius 3 is 2.57 bits per heavy atom. The first-order valence-electron chi connectivity index (χ1n) is 5.47. The molecular formula is C11H21NO2. The lowest BCUT2D eigenvalue weighted by Crippen LogP contribution is -2.46. The van der Waals surface area contributed by atoms with E-state index >= 15 is 0 Å². The molecule has 0 radical (unpaired) electrons. The Morgan fingerprint density at radius 2 is 2.21 bits per heavy atom. The number of rotatable bonds is 5. The predicted octanol–water partition coefficient (Wildman–Crippen LogP) is 1.85. The third kappa shape index (κ3) is 2.27. The predicted molar refractivity (Wildman–Crippen MR) is 55.8 cm³/mol. The summed E-state index contributed by atoms with van der Waals surface area (Å²) in [5.41, 5.74) is 6.45. The van der Waals surface area contributed by atoms with Crippen LogP contribution in [-0.2, 0) is 9.53 Å². The highest BCUT2D eigenvalue weighted by molar-refractivity contribution is 5.69. The Hall–Kier alpha value is -0.570. The molecule has 3 heteroatoms. The summed E-state index contributed by atoms with van der Waals surface area (Å²) in [4.78, 5) is 11.0. The number of ether oxygens (including phenoxy) is 1. The highest BCUT2D eigenvalue weighted by Gasteiger charge is 2.40. The van der Waals surface area contributed by atoms with Crippen LogP contribution in [0.25, 0.3) is 0 Å². The summed E-state index contributed by atoms with van der Waals surface area (Å²) in [7, 11) is 1.42. The summed E-state index contributed by atoms with van der Waals surface area (Å²) in [6.07, 6.45) is 6.10. The second-order valence-corrected chi connectivity index (χ2v) is 4.29. The minimum Gasteiger partial charge on any atom is -0.469 e. The van der Waals surface area contributed by atoms with Crippen LogP contribution in [-0.4, -0.2) is 19.1 Å². The standard InChI is InChI=1S/C11H21NO2/c1-3-11(7-4-8-11)9(12)5-6-10(13)14-2/h9H,3-8,12H2,1-2H3. The number of methoxy groups -OCH3 is 1. The van der Waals surface area contributed by atoms with Crippen molar-refractivity contribution < 1.29 is 9.53 Å². The maximum absolute atomic E-state index is 11.0. The Bertz CT molecular complexity index is 194. The molecular weight excluding hydrogens is 178 g/mol. The number of carbonyl (C=O) groups excluding carboxylic acids is 1. The van der Waals surface area contributed by atoms with Crippen molar-refractivity contribution in [3.63, 3.8) is 0 Å². The van der Waals surface area contributed by atoms with Gasteiger partial charge in [0.1, 0.15) is 0 Å². The Balaban J connectivity index is 2.33. The van der Waals surface area contributed by atoms with E-state index in [1.54, 1.807) is 0 Å². The van der Waals surface area contributed by atoms with Gasteiger partial charge in [-0.15, -0.1) is 0 Å². The monoisotopic (exact) mass is 199 g/mol. The summed E-state index contributed by atoms with van der Waals surface area (Å²) < 4.78 is 4.60. The molecule has 0 saturated heterocycles. The van der Waals surface area contributed by atoms with E-state index in [0.717, 1.165) is 12.8 Å². The molecule has 1 saturated carbocycles. The van der Waals surface area contributed by atoms with E-state index in [0.29, 0.717) is 11.8 Å². The van der Waals surface area contributed by atoms with E-state index in [4.69, 9.17) is 5.73 Å². The fraction of sp³-hybridized carbons (Fsp3) is 0.909. The van der Waals surface area contributed by atoms with Gasteiger partial charge >= 0.3 is 5.97 Å². The lowest BCUT2D eigenvalue weighted by molar-refractivity contribution is -0.141. The molecule has 1 aliphatic carbocycles. The molecule has 0 aromatic carbocycles. The van der Waals surface area contributed by atoms with Crippen LogP contribution < -0.4 is 5.73 Å². The number of nitrogens with two attached hydrogens (primary N) is 1. The number of hydrogen-bond donors (Lipinski definition) is 1. The van der Waals surface area contributed by atoms with Gasteiger partial charge in [0.05, 0.1) is 7.11 Å². The van der Waals surface area contributed by atoms with Crippen molar-refractivity contribution in [3.05, 3.63) is 0 Å². The first-order valence-corrected chi connectivity index (χ1v) is 5.47. The third-order valence-electron chi connectivity index (χ3n) is 3.73. The maximum atomic E-state index is 11.0. The molecule has 82 valence electrons. The Labute approximate surface area is 86.0 Å². The molecule has 0 aromatic heterocycles. The zero-order valence-electron chi connectivity index (χ0n) is 9.21. The number of hydrogen-bond acceptors (Lipinski definition) is 3.